The van der Waals surface area contributed by atoms with Gasteiger partial charge in [-0.15, -0.1) is 0 Å². The molecule has 2 atom stereocenters. The first-order chi connectivity index (χ1) is 19.9. The molecule has 4 aromatic carbocycles. The first-order valence-corrected chi connectivity index (χ1v) is 15.1. The van der Waals surface area contributed by atoms with E-state index in [2.05, 4.69) is 65.3 Å². The van der Waals surface area contributed by atoms with Gasteiger partial charge in [0.1, 0.15) is 5.60 Å². The summed E-state index contributed by atoms with van der Waals surface area (Å²) in [5.41, 5.74) is 1.49. The van der Waals surface area contributed by atoms with Crippen molar-refractivity contribution >= 4 is 16.8 Å². The number of amides is 2. The van der Waals surface area contributed by atoms with Crippen molar-refractivity contribution in [1.82, 2.24) is 16.0 Å². The summed E-state index contributed by atoms with van der Waals surface area (Å²) in [6, 6.07) is 34.1. The smallest absolute Gasteiger partial charge is 0.315 e. The predicted molar refractivity (Wildman–Crippen MR) is 168 cm³/mol. The van der Waals surface area contributed by atoms with Gasteiger partial charge in [-0.2, -0.15) is 0 Å². The van der Waals surface area contributed by atoms with Crippen molar-refractivity contribution < 1.29 is 9.90 Å². The number of urea groups is 1. The highest BCUT2D eigenvalue weighted by Crippen LogP contribution is 2.33. The third-order valence-electron chi connectivity index (χ3n) is 8.86. The molecule has 41 heavy (non-hydrogen) atoms. The summed E-state index contributed by atoms with van der Waals surface area (Å²) in [5, 5.41) is 24.4. The summed E-state index contributed by atoms with van der Waals surface area (Å²) in [7, 11) is 0. The molecule has 4 aromatic rings. The van der Waals surface area contributed by atoms with Crippen LogP contribution in [0.1, 0.15) is 68.7 Å². The number of carbonyl (C=O) groups is 1. The summed E-state index contributed by atoms with van der Waals surface area (Å²) in [6.07, 6.45) is 5.34. The number of aliphatic hydroxyl groups is 1. The van der Waals surface area contributed by atoms with E-state index < -0.39 is 11.6 Å². The minimum atomic E-state index is -1.34. The highest BCUT2D eigenvalue weighted by molar-refractivity contribution is 5.83. The molecule has 214 valence electrons. The van der Waals surface area contributed by atoms with E-state index in [-0.39, 0.29) is 12.1 Å². The van der Waals surface area contributed by atoms with Crippen LogP contribution < -0.4 is 16.0 Å². The van der Waals surface area contributed by atoms with Crippen LogP contribution in [-0.4, -0.2) is 29.8 Å². The Bertz CT molecular complexity index is 1360. The fourth-order valence-electron chi connectivity index (χ4n) is 6.27. The Kier molecular flexibility index (Phi) is 9.38. The standard InChI is InChI=1S/C36H43N3O2/c1-26(30-20-19-29-11-9-10-12-31(29)25-30)37-24-23-28-17-21-34(22-18-28)39-35(40)38-27(2)36(41,32-13-5-3-6-14-32)33-15-7-4-8-16-33/h3-16,19-20,25-28,34,37,41H,17-18,21-24H2,1-2H3,(H2,38,39,40)/t26-,27-,28-,34-/m1/s1. The topological polar surface area (TPSA) is 73.4 Å². The van der Waals surface area contributed by atoms with Crippen molar-refractivity contribution in [3.05, 3.63) is 120 Å². The minimum absolute atomic E-state index is 0.157. The average Bonchev–Trinajstić information content (AvgIpc) is 3.02. The highest BCUT2D eigenvalue weighted by atomic mass is 16.3. The maximum Gasteiger partial charge on any atom is 0.315 e. The number of rotatable bonds is 10. The molecule has 2 amide bonds. The van der Waals surface area contributed by atoms with Crippen LogP contribution in [0.5, 0.6) is 0 Å². The lowest BCUT2D eigenvalue weighted by atomic mass is 9.81. The molecule has 1 saturated carbocycles. The molecule has 0 heterocycles. The second-order valence-electron chi connectivity index (χ2n) is 11.6. The number of carbonyl (C=O) groups excluding carboxylic acids is 1. The van der Waals surface area contributed by atoms with Gasteiger partial charge < -0.3 is 21.1 Å². The minimum Gasteiger partial charge on any atom is -0.378 e. The van der Waals surface area contributed by atoms with Crippen molar-refractivity contribution in [2.45, 2.75) is 69.7 Å². The first kappa shape index (κ1) is 28.8. The number of hydrogen-bond acceptors (Lipinski definition) is 3. The summed E-state index contributed by atoms with van der Waals surface area (Å²) in [4.78, 5) is 13.0. The predicted octanol–water partition coefficient (Wildman–Crippen LogP) is 7.06. The quantitative estimate of drug-likeness (QED) is 0.171. The summed E-state index contributed by atoms with van der Waals surface area (Å²) in [5.74, 6) is 0.674. The number of hydrogen-bond donors (Lipinski definition) is 4. The van der Waals surface area contributed by atoms with Gasteiger partial charge in [0, 0.05) is 12.1 Å². The molecule has 0 aromatic heterocycles. The molecule has 5 nitrogen and oxygen atoms in total. The van der Waals surface area contributed by atoms with Gasteiger partial charge in [0.05, 0.1) is 6.04 Å². The molecule has 1 aliphatic rings. The van der Waals surface area contributed by atoms with E-state index in [4.69, 9.17) is 0 Å². The van der Waals surface area contributed by atoms with Crippen LogP contribution in [0.2, 0.25) is 0 Å². The molecule has 0 bridgehead atoms. The summed E-state index contributed by atoms with van der Waals surface area (Å²) >= 11 is 0. The van der Waals surface area contributed by atoms with Crippen molar-refractivity contribution in [3.63, 3.8) is 0 Å². The third-order valence-corrected chi connectivity index (χ3v) is 8.86. The molecular formula is C36H43N3O2. The Balaban J connectivity index is 1.08. The third kappa shape index (κ3) is 6.98. The Morgan fingerprint density at radius 1 is 0.805 bits per heavy atom. The first-order valence-electron chi connectivity index (χ1n) is 15.1. The highest BCUT2D eigenvalue weighted by Gasteiger charge is 2.38. The molecule has 1 fully saturated rings. The molecule has 0 saturated heterocycles. The Morgan fingerprint density at radius 3 is 2.02 bits per heavy atom. The average molecular weight is 550 g/mol. The van der Waals surface area contributed by atoms with Gasteiger partial charge in [-0.3, -0.25) is 0 Å². The molecule has 0 spiro atoms. The van der Waals surface area contributed by atoms with Gasteiger partial charge in [0.15, 0.2) is 0 Å². The fraction of sp³-hybridized carbons (Fsp3) is 0.361. The van der Waals surface area contributed by atoms with E-state index >= 15 is 0 Å². The zero-order chi connectivity index (χ0) is 28.7. The van der Waals surface area contributed by atoms with Gasteiger partial charge in [0.25, 0.3) is 0 Å². The number of benzene rings is 4. The van der Waals surface area contributed by atoms with Crippen LogP contribution in [0, 0.1) is 5.92 Å². The van der Waals surface area contributed by atoms with Crippen molar-refractivity contribution in [1.29, 1.82) is 0 Å². The van der Waals surface area contributed by atoms with Crippen LogP contribution in [0.4, 0.5) is 4.79 Å². The molecule has 5 heteroatoms. The van der Waals surface area contributed by atoms with E-state index in [1.165, 1.54) is 16.3 Å². The zero-order valence-corrected chi connectivity index (χ0v) is 24.2. The van der Waals surface area contributed by atoms with Crippen molar-refractivity contribution in [3.8, 4) is 0 Å². The Labute approximate surface area is 244 Å². The zero-order valence-electron chi connectivity index (χ0n) is 24.2. The molecule has 5 rings (SSSR count). The van der Waals surface area contributed by atoms with Gasteiger partial charge in [-0.05, 0) is 91.9 Å². The van der Waals surface area contributed by atoms with E-state index in [1.807, 2.05) is 67.6 Å². The van der Waals surface area contributed by atoms with Gasteiger partial charge in [-0.1, -0.05) is 97.1 Å². The lowest BCUT2D eigenvalue weighted by molar-refractivity contribution is 0.0470. The van der Waals surface area contributed by atoms with Gasteiger partial charge in [0.2, 0.25) is 0 Å². The molecular weight excluding hydrogens is 506 g/mol. The lowest BCUT2D eigenvalue weighted by Gasteiger charge is -2.36. The van der Waals surface area contributed by atoms with Crippen LogP contribution in [-0.2, 0) is 5.60 Å². The molecule has 0 aliphatic heterocycles. The molecule has 4 N–H and O–H groups in total. The van der Waals surface area contributed by atoms with Crippen molar-refractivity contribution in [2.24, 2.45) is 5.92 Å². The number of nitrogens with one attached hydrogen (secondary N) is 3. The van der Waals surface area contributed by atoms with Crippen LogP contribution in [0.15, 0.2) is 103 Å². The summed E-state index contributed by atoms with van der Waals surface area (Å²) in [6.45, 7) is 5.09. The SMILES string of the molecule is C[C@@H](NCC[C@H]1CC[C@H](NC(=O)N[C@H](C)C(O)(c2ccccc2)c2ccccc2)CC1)c1ccc2ccccc2c1. The molecule has 0 unspecified atom stereocenters. The molecule has 0 radical (unpaired) electrons. The molecule has 1 aliphatic carbocycles. The largest absolute Gasteiger partial charge is 0.378 e. The number of fused-ring (bicyclic) bond motifs is 1. The second kappa shape index (κ2) is 13.3. The van der Waals surface area contributed by atoms with E-state index in [0.29, 0.717) is 12.0 Å². The maximum atomic E-state index is 13.0. The van der Waals surface area contributed by atoms with E-state index in [1.54, 1.807) is 0 Å². The van der Waals surface area contributed by atoms with Crippen LogP contribution in [0.3, 0.4) is 0 Å². The normalized spacial score (nSPS) is 18.9. The van der Waals surface area contributed by atoms with Gasteiger partial charge in [-0.25, -0.2) is 4.79 Å². The lowest BCUT2D eigenvalue weighted by Crippen LogP contribution is -2.54. The van der Waals surface area contributed by atoms with E-state index in [0.717, 1.165) is 49.8 Å². The van der Waals surface area contributed by atoms with Crippen LogP contribution in [0.25, 0.3) is 10.8 Å². The maximum absolute atomic E-state index is 13.0. The summed E-state index contributed by atoms with van der Waals surface area (Å²) < 4.78 is 0. The Morgan fingerprint density at radius 2 is 1.39 bits per heavy atom. The van der Waals surface area contributed by atoms with Crippen molar-refractivity contribution in [2.75, 3.05) is 6.54 Å². The van der Waals surface area contributed by atoms with Crippen LogP contribution >= 0.6 is 0 Å². The Hall–Kier alpha value is -3.67. The monoisotopic (exact) mass is 549 g/mol. The van der Waals surface area contributed by atoms with E-state index in [9.17, 15) is 9.90 Å². The fourth-order valence-corrected chi connectivity index (χ4v) is 6.27. The second-order valence-corrected chi connectivity index (χ2v) is 11.6. The van der Waals surface area contributed by atoms with Gasteiger partial charge >= 0.3 is 6.03 Å².